The van der Waals surface area contributed by atoms with E-state index in [4.69, 9.17) is 21.1 Å². The van der Waals surface area contributed by atoms with Crippen molar-refractivity contribution in [2.24, 2.45) is 0 Å². The predicted molar refractivity (Wildman–Crippen MR) is 82.3 cm³/mol. The summed E-state index contributed by atoms with van der Waals surface area (Å²) in [6, 6.07) is -0.403. The molecule has 0 aromatic carbocycles. The monoisotopic (exact) mass is 341 g/mol. The molecule has 21 heavy (non-hydrogen) atoms. The van der Waals surface area contributed by atoms with E-state index in [1.54, 1.807) is 6.92 Å². The van der Waals surface area contributed by atoms with Gasteiger partial charge in [0.15, 0.2) is 5.79 Å². The molecular formula is C13H24ClNO5S. The Hall–Kier alpha value is -0.0500. The number of carbonyl (C=O) groups excluding carboxylic acids is 1. The number of thioether (sulfide) groups is 1. The Bertz CT molecular complexity index is 339. The number of hydrogen-bond acceptors (Lipinski definition) is 6. The first-order chi connectivity index (χ1) is 9.69. The SMILES string of the molecule is CSC1OC(C(NC=O)C(C)Cl)CC(OC(C)(C)O)C1O. The number of carbonyl (C=O) groups is 1. The average molecular weight is 342 g/mol. The quantitative estimate of drug-likeness (QED) is 0.358. The van der Waals surface area contributed by atoms with Gasteiger partial charge in [0.05, 0.1) is 23.6 Å². The van der Waals surface area contributed by atoms with Crippen molar-refractivity contribution in [2.45, 2.75) is 68.1 Å². The summed E-state index contributed by atoms with van der Waals surface area (Å²) in [6.07, 6.45) is 0.834. The molecule has 0 bridgehead atoms. The number of aliphatic hydroxyl groups excluding tert-OH is 1. The van der Waals surface area contributed by atoms with Crippen LogP contribution in [-0.2, 0) is 14.3 Å². The van der Waals surface area contributed by atoms with Crippen LogP contribution >= 0.6 is 23.4 Å². The summed E-state index contributed by atoms with van der Waals surface area (Å²) >= 11 is 7.44. The van der Waals surface area contributed by atoms with Gasteiger partial charge in [-0.15, -0.1) is 23.4 Å². The molecule has 0 aliphatic carbocycles. The van der Waals surface area contributed by atoms with Gasteiger partial charge in [-0.2, -0.15) is 0 Å². The molecule has 8 heteroatoms. The highest BCUT2D eigenvalue weighted by Crippen LogP contribution is 2.32. The van der Waals surface area contributed by atoms with Crippen molar-refractivity contribution < 1.29 is 24.5 Å². The number of rotatable bonds is 7. The summed E-state index contributed by atoms with van der Waals surface area (Å²) in [5, 5.41) is 22.4. The summed E-state index contributed by atoms with van der Waals surface area (Å²) < 4.78 is 11.3. The van der Waals surface area contributed by atoms with Gasteiger partial charge in [-0.3, -0.25) is 4.79 Å². The van der Waals surface area contributed by atoms with Crippen LogP contribution < -0.4 is 5.32 Å². The average Bonchev–Trinajstić information content (AvgIpc) is 2.36. The van der Waals surface area contributed by atoms with Gasteiger partial charge in [-0.25, -0.2) is 0 Å². The van der Waals surface area contributed by atoms with Crippen LogP contribution in [0.5, 0.6) is 0 Å². The maximum absolute atomic E-state index is 10.7. The lowest BCUT2D eigenvalue weighted by Crippen LogP contribution is -2.57. The van der Waals surface area contributed by atoms with Crippen LogP contribution in [0.3, 0.4) is 0 Å². The van der Waals surface area contributed by atoms with Crippen LogP contribution in [0.2, 0.25) is 0 Å². The van der Waals surface area contributed by atoms with Crippen molar-refractivity contribution in [2.75, 3.05) is 6.26 Å². The van der Waals surface area contributed by atoms with Crippen LogP contribution in [0.15, 0.2) is 0 Å². The first-order valence-corrected chi connectivity index (χ1v) is 8.52. The summed E-state index contributed by atoms with van der Waals surface area (Å²) in [5.41, 5.74) is -0.512. The fourth-order valence-electron chi connectivity index (χ4n) is 2.38. The number of hydrogen-bond donors (Lipinski definition) is 3. The van der Waals surface area contributed by atoms with E-state index < -0.39 is 35.6 Å². The molecule has 0 saturated carbocycles. The second-order valence-electron chi connectivity index (χ2n) is 5.60. The minimum absolute atomic E-state index is 0.324. The molecule has 124 valence electrons. The smallest absolute Gasteiger partial charge is 0.207 e. The van der Waals surface area contributed by atoms with Crippen molar-refractivity contribution >= 4 is 29.8 Å². The minimum atomic E-state index is -1.36. The zero-order valence-electron chi connectivity index (χ0n) is 12.7. The topological polar surface area (TPSA) is 88.0 Å². The molecule has 1 heterocycles. The number of alkyl halides is 1. The number of halogens is 1. The van der Waals surface area contributed by atoms with Crippen LogP contribution in [0.1, 0.15) is 27.2 Å². The molecule has 0 aromatic heterocycles. The largest absolute Gasteiger partial charge is 0.387 e. The van der Waals surface area contributed by atoms with Crippen molar-refractivity contribution in [1.82, 2.24) is 5.32 Å². The van der Waals surface area contributed by atoms with Crippen molar-refractivity contribution in [1.29, 1.82) is 0 Å². The molecule has 1 fully saturated rings. The number of ether oxygens (including phenoxy) is 2. The Morgan fingerprint density at radius 2 is 2.19 bits per heavy atom. The van der Waals surface area contributed by atoms with E-state index in [1.165, 1.54) is 25.6 Å². The third kappa shape index (κ3) is 5.58. The minimum Gasteiger partial charge on any atom is -0.387 e. The summed E-state index contributed by atoms with van der Waals surface area (Å²) in [7, 11) is 0. The van der Waals surface area contributed by atoms with Crippen molar-refractivity contribution in [3.8, 4) is 0 Å². The second kappa shape index (κ2) is 7.99. The zero-order valence-corrected chi connectivity index (χ0v) is 14.2. The molecule has 6 atom stereocenters. The Balaban J connectivity index is 2.88. The van der Waals surface area contributed by atoms with Gasteiger partial charge in [0.2, 0.25) is 6.41 Å². The van der Waals surface area contributed by atoms with Crippen LogP contribution in [0, 0.1) is 0 Å². The van der Waals surface area contributed by atoms with E-state index in [0.29, 0.717) is 12.8 Å². The molecule has 6 unspecified atom stereocenters. The van der Waals surface area contributed by atoms with Crippen molar-refractivity contribution in [3.63, 3.8) is 0 Å². The van der Waals surface area contributed by atoms with Crippen LogP contribution in [-0.4, -0.2) is 63.8 Å². The van der Waals surface area contributed by atoms with E-state index in [-0.39, 0.29) is 5.38 Å². The fourth-order valence-corrected chi connectivity index (χ4v) is 3.32. The Morgan fingerprint density at radius 1 is 1.57 bits per heavy atom. The lowest BCUT2D eigenvalue weighted by molar-refractivity contribution is -0.256. The van der Waals surface area contributed by atoms with E-state index in [9.17, 15) is 15.0 Å². The standard InChI is InChI=1S/C13H24ClNO5S/c1-7(14)10(15-6-16)8-5-9(20-13(2,3)18)11(17)12(19-8)21-4/h6-12,17-18H,5H2,1-4H3,(H,15,16). The summed E-state index contributed by atoms with van der Waals surface area (Å²) in [4.78, 5) is 10.7. The Morgan fingerprint density at radius 3 is 2.62 bits per heavy atom. The third-order valence-electron chi connectivity index (χ3n) is 3.26. The molecule has 1 saturated heterocycles. The van der Waals surface area contributed by atoms with E-state index in [2.05, 4.69) is 5.32 Å². The van der Waals surface area contributed by atoms with Gasteiger partial charge >= 0.3 is 0 Å². The number of nitrogens with one attached hydrogen (secondary N) is 1. The Labute approximate surface area is 134 Å². The maximum atomic E-state index is 10.7. The van der Waals surface area contributed by atoms with Crippen LogP contribution in [0.25, 0.3) is 0 Å². The number of amides is 1. The number of aliphatic hydroxyl groups is 2. The molecule has 1 aliphatic rings. The first-order valence-electron chi connectivity index (χ1n) is 6.80. The van der Waals surface area contributed by atoms with E-state index >= 15 is 0 Å². The van der Waals surface area contributed by atoms with Crippen LogP contribution in [0.4, 0.5) is 0 Å². The highest BCUT2D eigenvalue weighted by Gasteiger charge is 2.43. The fraction of sp³-hybridized carbons (Fsp3) is 0.923. The molecule has 0 radical (unpaired) electrons. The lowest BCUT2D eigenvalue weighted by Gasteiger charge is -2.43. The third-order valence-corrected chi connectivity index (χ3v) is 4.39. The summed E-state index contributed by atoms with van der Waals surface area (Å²) in [6.45, 7) is 4.77. The second-order valence-corrected chi connectivity index (χ2v) is 7.22. The van der Waals surface area contributed by atoms with Crippen molar-refractivity contribution in [3.05, 3.63) is 0 Å². The molecule has 6 nitrogen and oxygen atoms in total. The van der Waals surface area contributed by atoms with E-state index in [0.717, 1.165) is 0 Å². The highest BCUT2D eigenvalue weighted by atomic mass is 35.5. The van der Waals surface area contributed by atoms with Gasteiger partial charge in [0.1, 0.15) is 11.5 Å². The predicted octanol–water partition coefficient (Wildman–Crippen LogP) is 0.681. The highest BCUT2D eigenvalue weighted by molar-refractivity contribution is 7.99. The van der Waals surface area contributed by atoms with Gasteiger partial charge in [-0.1, -0.05) is 0 Å². The Kier molecular flexibility index (Phi) is 7.23. The molecule has 3 N–H and O–H groups in total. The van der Waals surface area contributed by atoms with E-state index in [1.807, 2.05) is 6.26 Å². The molecule has 1 amide bonds. The first kappa shape index (κ1) is 19.0. The zero-order chi connectivity index (χ0) is 16.2. The molecule has 0 aromatic rings. The molecule has 0 spiro atoms. The van der Waals surface area contributed by atoms with Gasteiger partial charge in [-0.05, 0) is 27.0 Å². The van der Waals surface area contributed by atoms with Gasteiger partial charge in [0, 0.05) is 6.42 Å². The molecule has 1 aliphatic heterocycles. The van der Waals surface area contributed by atoms with Gasteiger partial charge in [0.25, 0.3) is 0 Å². The lowest BCUT2D eigenvalue weighted by atomic mass is 9.96. The maximum Gasteiger partial charge on any atom is 0.207 e. The molecular weight excluding hydrogens is 318 g/mol. The molecule has 1 rings (SSSR count). The normalized spacial score (nSPS) is 33.3. The van der Waals surface area contributed by atoms with Gasteiger partial charge < -0.3 is 25.0 Å². The summed E-state index contributed by atoms with van der Waals surface area (Å²) in [5.74, 6) is -1.36.